The van der Waals surface area contributed by atoms with Crippen LogP contribution >= 0.6 is 0 Å². The number of benzene rings is 2. The standard InChI is InChI=1S/C19H14N4O/c20-11-14-15(12-7-3-1-4-8-12)16-18(21)22-23-19(16)24-17(14)13-9-5-2-6-10-13/h1-10,15-16H,(H2,21,22). The Kier molecular flexibility index (Phi) is 3.36. The van der Waals surface area contributed by atoms with E-state index in [1.54, 1.807) is 0 Å². The van der Waals surface area contributed by atoms with Crippen LogP contribution in [0.25, 0.3) is 5.76 Å². The molecule has 0 aromatic heterocycles. The summed E-state index contributed by atoms with van der Waals surface area (Å²) in [4.78, 5) is 0. The third kappa shape index (κ3) is 2.17. The van der Waals surface area contributed by atoms with Gasteiger partial charge in [0.2, 0.25) is 5.90 Å². The van der Waals surface area contributed by atoms with Gasteiger partial charge in [-0.3, -0.25) is 0 Å². The lowest BCUT2D eigenvalue weighted by Crippen LogP contribution is -2.37. The summed E-state index contributed by atoms with van der Waals surface area (Å²) in [5.41, 5.74) is 8.40. The summed E-state index contributed by atoms with van der Waals surface area (Å²) in [5.74, 6) is 0.740. The van der Waals surface area contributed by atoms with Crippen molar-refractivity contribution in [1.29, 1.82) is 5.26 Å². The molecule has 5 heteroatoms. The summed E-state index contributed by atoms with van der Waals surface area (Å²) in [6.07, 6.45) is 0. The summed E-state index contributed by atoms with van der Waals surface area (Å²) in [5, 5.41) is 17.9. The molecule has 2 atom stereocenters. The van der Waals surface area contributed by atoms with Gasteiger partial charge in [0, 0.05) is 11.5 Å². The first-order valence-electron chi connectivity index (χ1n) is 7.63. The highest BCUT2D eigenvalue weighted by atomic mass is 16.5. The minimum atomic E-state index is -0.338. The highest BCUT2D eigenvalue weighted by Crippen LogP contribution is 2.43. The molecule has 0 bridgehead atoms. The highest BCUT2D eigenvalue weighted by molar-refractivity contribution is 6.09. The zero-order valence-electron chi connectivity index (χ0n) is 12.8. The lowest BCUT2D eigenvalue weighted by Gasteiger charge is -2.31. The number of hydrogen-bond donors (Lipinski definition) is 1. The summed E-state index contributed by atoms with van der Waals surface area (Å²) in [6, 6.07) is 21.7. The zero-order valence-corrected chi connectivity index (χ0v) is 12.8. The Morgan fingerprint density at radius 3 is 2.25 bits per heavy atom. The Morgan fingerprint density at radius 2 is 1.58 bits per heavy atom. The molecular weight excluding hydrogens is 300 g/mol. The van der Waals surface area contributed by atoms with Crippen molar-refractivity contribution in [2.24, 2.45) is 21.9 Å². The van der Waals surface area contributed by atoms with Crippen molar-refractivity contribution < 1.29 is 4.74 Å². The highest BCUT2D eigenvalue weighted by Gasteiger charge is 2.44. The van der Waals surface area contributed by atoms with Gasteiger partial charge in [-0.2, -0.15) is 5.26 Å². The second-order valence-electron chi connectivity index (χ2n) is 5.65. The molecule has 2 N–H and O–H groups in total. The third-order valence-corrected chi connectivity index (χ3v) is 4.26. The van der Waals surface area contributed by atoms with Crippen LogP contribution in [-0.2, 0) is 4.74 Å². The first kappa shape index (κ1) is 14.2. The molecule has 2 aliphatic rings. The van der Waals surface area contributed by atoms with Crippen LogP contribution in [0.5, 0.6) is 0 Å². The molecule has 0 fully saturated rings. The maximum Gasteiger partial charge on any atom is 0.226 e. The van der Waals surface area contributed by atoms with E-state index in [-0.39, 0.29) is 11.8 Å². The Morgan fingerprint density at radius 1 is 0.917 bits per heavy atom. The number of nitriles is 1. The quantitative estimate of drug-likeness (QED) is 0.924. The van der Waals surface area contributed by atoms with Gasteiger partial charge >= 0.3 is 0 Å². The molecule has 2 aromatic carbocycles. The van der Waals surface area contributed by atoms with Gasteiger partial charge in [0.1, 0.15) is 11.8 Å². The average molecular weight is 314 g/mol. The summed E-state index contributed by atoms with van der Waals surface area (Å²) >= 11 is 0. The van der Waals surface area contributed by atoms with Crippen LogP contribution < -0.4 is 5.73 Å². The number of nitrogens with two attached hydrogens (primary N) is 1. The molecule has 0 aliphatic carbocycles. The summed E-state index contributed by atoms with van der Waals surface area (Å²) in [6.45, 7) is 0. The monoisotopic (exact) mass is 314 g/mol. The number of rotatable bonds is 2. The van der Waals surface area contributed by atoms with E-state index in [0.29, 0.717) is 23.1 Å². The van der Waals surface area contributed by atoms with E-state index < -0.39 is 0 Å². The lowest BCUT2D eigenvalue weighted by atomic mass is 9.77. The first-order chi connectivity index (χ1) is 11.8. The van der Waals surface area contributed by atoms with E-state index in [2.05, 4.69) is 16.3 Å². The van der Waals surface area contributed by atoms with Crippen LogP contribution in [0.4, 0.5) is 0 Å². The summed E-state index contributed by atoms with van der Waals surface area (Å²) < 4.78 is 5.93. The van der Waals surface area contributed by atoms with Gasteiger partial charge in [-0.05, 0) is 5.56 Å². The molecule has 2 aliphatic heterocycles. The van der Waals surface area contributed by atoms with Crippen molar-refractivity contribution in [3.63, 3.8) is 0 Å². The van der Waals surface area contributed by atoms with Gasteiger partial charge in [-0.15, -0.1) is 10.2 Å². The zero-order chi connectivity index (χ0) is 16.5. The number of allylic oxidation sites excluding steroid dienone is 1. The van der Waals surface area contributed by atoms with Crippen LogP contribution in [0.2, 0.25) is 0 Å². The molecule has 0 radical (unpaired) electrons. The van der Waals surface area contributed by atoms with E-state index in [4.69, 9.17) is 10.5 Å². The third-order valence-electron chi connectivity index (χ3n) is 4.26. The van der Waals surface area contributed by atoms with Crippen LogP contribution in [0.15, 0.2) is 76.4 Å². The van der Waals surface area contributed by atoms with Gasteiger partial charge in [0.25, 0.3) is 0 Å². The average Bonchev–Trinajstić information content (AvgIpc) is 3.02. The molecule has 5 nitrogen and oxygen atoms in total. The molecule has 0 saturated heterocycles. The largest absolute Gasteiger partial charge is 0.439 e. The Balaban J connectivity index is 1.94. The van der Waals surface area contributed by atoms with Gasteiger partial charge in [-0.25, -0.2) is 0 Å². The fourth-order valence-corrected chi connectivity index (χ4v) is 3.17. The van der Waals surface area contributed by atoms with Gasteiger partial charge < -0.3 is 10.5 Å². The van der Waals surface area contributed by atoms with E-state index in [1.807, 2.05) is 60.7 Å². The van der Waals surface area contributed by atoms with Gasteiger partial charge in [0.05, 0.1) is 11.6 Å². The molecule has 116 valence electrons. The molecule has 0 saturated carbocycles. The minimum Gasteiger partial charge on any atom is -0.439 e. The van der Waals surface area contributed by atoms with Crippen molar-refractivity contribution in [1.82, 2.24) is 0 Å². The minimum absolute atomic E-state index is 0.259. The van der Waals surface area contributed by atoms with Gasteiger partial charge in [-0.1, -0.05) is 60.7 Å². The Bertz CT molecular complexity index is 907. The predicted octanol–water partition coefficient (Wildman–Crippen LogP) is 3.04. The number of nitrogens with zero attached hydrogens (tertiary/aromatic N) is 3. The topological polar surface area (TPSA) is 83.8 Å². The molecule has 4 rings (SSSR count). The van der Waals surface area contributed by atoms with Crippen molar-refractivity contribution in [2.75, 3.05) is 0 Å². The lowest BCUT2D eigenvalue weighted by molar-refractivity contribution is 0.439. The molecule has 24 heavy (non-hydrogen) atoms. The van der Waals surface area contributed by atoms with Crippen molar-refractivity contribution >= 4 is 17.5 Å². The first-order valence-corrected chi connectivity index (χ1v) is 7.63. The van der Waals surface area contributed by atoms with E-state index in [1.165, 1.54) is 0 Å². The SMILES string of the molecule is N#CC1=C(c2ccccc2)OC2=NN=C(N)C2C1c1ccccc1. The second kappa shape index (κ2) is 5.67. The Hall–Kier alpha value is -3.39. The van der Waals surface area contributed by atoms with Crippen molar-refractivity contribution in [3.05, 3.63) is 77.4 Å². The fourth-order valence-electron chi connectivity index (χ4n) is 3.17. The number of hydrogen-bond acceptors (Lipinski definition) is 5. The normalized spacial score (nSPS) is 22.1. The van der Waals surface area contributed by atoms with Crippen molar-refractivity contribution in [2.45, 2.75) is 5.92 Å². The maximum atomic E-state index is 9.85. The smallest absolute Gasteiger partial charge is 0.226 e. The fraction of sp³-hybridized carbons (Fsp3) is 0.105. The molecule has 2 aromatic rings. The molecule has 2 unspecified atom stereocenters. The van der Waals surface area contributed by atoms with Crippen LogP contribution in [0.3, 0.4) is 0 Å². The maximum absolute atomic E-state index is 9.85. The van der Waals surface area contributed by atoms with E-state index in [9.17, 15) is 5.26 Å². The number of fused-ring (bicyclic) bond motifs is 1. The number of amidine groups is 1. The van der Waals surface area contributed by atoms with E-state index in [0.717, 1.165) is 11.1 Å². The van der Waals surface area contributed by atoms with Crippen LogP contribution in [0.1, 0.15) is 17.0 Å². The molecular formula is C19H14N4O. The predicted molar refractivity (Wildman–Crippen MR) is 91.8 cm³/mol. The van der Waals surface area contributed by atoms with E-state index >= 15 is 0 Å². The van der Waals surface area contributed by atoms with Crippen LogP contribution in [0, 0.1) is 17.2 Å². The second-order valence-corrected chi connectivity index (χ2v) is 5.65. The summed E-state index contributed by atoms with van der Waals surface area (Å²) in [7, 11) is 0. The molecule has 2 heterocycles. The van der Waals surface area contributed by atoms with Crippen molar-refractivity contribution in [3.8, 4) is 6.07 Å². The Labute approximate surface area is 139 Å². The van der Waals surface area contributed by atoms with Crippen LogP contribution in [-0.4, -0.2) is 11.7 Å². The molecule has 0 spiro atoms. The van der Waals surface area contributed by atoms with Gasteiger partial charge in [0.15, 0.2) is 5.76 Å². The molecule has 0 amide bonds. The number of ether oxygens (including phenoxy) is 1.